The Morgan fingerprint density at radius 1 is 1.11 bits per heavy atom. The predicted molar refractivity (Wildman–Crippen MR) is 73.8 cm³/mol. The lowest BCUT2D eigenvalue weighted by Gasteiger charge is -2.09. The highest BCUT2D eigenvalue weighted by Gasteiger charge is 2.68. The third kappa shape index (κ3) is 2.00. The first-order chi connectivity index (χ1) is 8.94. The Hall–Kier alpha value is -0.900. The van der Waals surface area contributed by atoms with Crippen molar-refractivity contribution in [2.24, 2.45) is 10.8 Å². The van der Waals surface area contributed by atoms with E-state index in [1.54, 1.807) is 0 Å². The Balaban J connectivity index is 1.77. The number of hydrogen-bond acceptors (Lipinski definition) is 4. The van der Waals surface area contributed by atoms with Crippen molar-refractivity contribution in [3.05, 3.63) is 11.7 Å². The van der Waals surface area contributed by atoms with Gasteiger partial charge in [0.1, 0.15) is 0 Å². The molecule has 1 aromatic heterocycles. The van der Waals surface area contributed by atoms with E-state index in [1.165, 1.54) is 19.3 Å². The molecule has 1 saturated heterocycles. The van der Waals surface area contributed by atoms with Gasteiger partial charge in [-0.15, -0.1) is 0 Å². The first kappa shape index (κ1) is 13.1. The normalized spacial score (nSPS) is 30.0. The van der Waals surface area contributed by atoms with Gasteiger partial charge in [0.25, 0.3) is 0 Å². The maximum Gasteiger partial charge on any atom is 0.230 e. The molecule has 1 saturated carbocycles. The van der Waals surface area contributed by atoms with Gasteiger partial charge in [0.2, 0.25) is 5.89 Å². The van der Waals surface area contributed by atoms with Crippen LogP contribution in [0.3, 0.4) is 0 Å². The molecule has 2 heterocycles. The molecule has 1 atom stereocenters. The van der Waals surface area contributed by atoms with Crippen LogP contribution < -0.4 is 5.32 Å². The molecule has 2 fully saturated rings. The van der Waals surface area contributed by atoms with E-state index in [1.807, 2.05) is 0 Å². The van der Waals surface area contributed by atoms with Crippen LogP contribution in [-0.2, 0) is 0 Å². The van der Waals surface area contributed by atoms with E-state index in [9.17, 15) is 0 Å². The summed E-state index contributed by atoms with van der Waals surface area (Å²) in [6.45, 7) is 10.2. The molecule has 1 unspecified atom stereocenters. The minimum atomic E-state index is 0.258. The van der Waals surface area contributed by atoms with Gasteiger partial charge in [-0.25, -0.2) is 0 Å². The topological polar surface area (TPSA) is 51.0 Å². The van der Waals surface area contributed by atoms with Crippen LogP contribution in [0.5, 0.6) is 0 Å². The predicted octanol–water partition coefficient (Wildman–Crippen LogP) is 3.42. The third-order valence-electron chi connectivity index (χ3n) is 5.60. The van der Waals surface area contributed by atoms with Gasteiger partial charge in [-0.05, 0) is 30.2 Å². The summed E-state index contributed by atoms with van der Waals surface area (Å²) in [6.07, 6.45) is 4.93. The minimum Gasteiger partial charge on any atom is -0.339 e. The largest absolute Gasteiger partial charge is 0.339 e. The smallest absolute Gasteiger partial charge is 0.230 e. The van der Waals surface area contributed by atoms with Crippen LogP contribution in [0.4, 0.5) is 0 Å². The number of nitrogens with one attached hydrogen (secondary N) is 1. The third-order valence-corrected chi connectivity index (χ3v) is 5.60. The van der Waals surface area contributed by atoms with Crippen molar-refractivity contribution in [1.29, 1.82) is 0 Å². The summed E-state index contributed by atoms with van der Waals surface area (Å²) >= 11 is 0. The van der Waals surface area contributed by atoms with E-state index < -0.39 is 0 Å². The Labute approximate surface area is 115 Å². The van der Waals surface area contributed by atoms with Crippen molar-refractivity contribution < 1.29 is 4.52 Å². The van der Waals surface area contributed by atoms with Crippen LogP contribution in [-0.4, -0.2) is 16.7 Å². The van der Waals surface area contributed by atoms with Crippen molar-refractivity contribution in [2.75, 3.05) is 6.54 Å². The number of aromatic nitrogens is 2. The molecule has 1 aromatic rings. The van der Waals surface area contributed by atoms with Gasteiger partial charge in [-0.1, -0.05) is 45.7 Å². The molecule has 0 aromatic carbocycles. The maximum absolute atomic E-state index is 5.55. The fraction of sp³-hybridized carbons (Fsp3) is 0.867. The molecule has 4 heteroatoms. The molecule has 19 heavy (non-hydrogen) atoms. The first-order valence-corrected chi connectivity index (χ1v) is 7.51. The van der Waals surface area contributed by atoms with Crippen LogP contribution in [0.25, 0.3) is 0 Å². The van der Waals surface area contributed by atoms with Crippen molar-refractivity contribution in [3.63, 3.8) is 0 Å². The van der Waals surface area contributed by atoms with E-state index in [2.05, 4.69) is 43.2 Å². The van der Waals surface area contributed by atoms with Gasteiger partial charge < -0.3 is 9.84 Å². The molecule has 0 radical (unpaired) electrons. The van der Waals surface area contributed by atoms with Crippen LogP contribution in [0.15, 0.2) is 4.52 Å². The molecule has 3 rings (SSSR count). The average molecular weight is 263 g/mol. The van der Waals surface area contributed by atoms with Crippen LogP contribution in [0.2, 0.25) is 0 Å². The van der Waals surface area contributed by atoms with Gasteiger partial charge in [-0.3, -0.25) is 0 Å². The Morgan fingerprint density at radius 3 is 2.53 bits per heavy atom. The van der Waals surface area contributed by atoms with Crippen LogP contribution >= 0.6 is 0 Å². The van der Waals surface area contributed by atoms with E-state index in [0.717, 1.165) is 24.7 Å². The fourth-order valence-corrected chi connectivity index (χ4v) is 3.57. The zero-order chi connectivity index (χ0) is 13.7. The summed E-state index contributed by atoms with van der Waals surface area (Å²) < 4.78 is 5.55. The van der Waals surface area contributed by atoms with Gasteiger partial charge in [0.05, 0.1) is 6.04 Å². The minimum absolute atomic E-state index is 0.258. The molecular weight excluding hydrogens is 238 g/mol. The molecule has 2 aliphatic rings. The molecular formula is C15H25N3O. The first-order valence-electron chi connectivity index (χ1n) is 7.51. The summed E-state index contributed by atoms with van der Waals surface area (Å²) in [5, 5.41) is 7.75. The summed E-state index contributed by atoms with van der Waals surface area (Å²) in [5.74, 6) is 2.08. The van der Waals surface area contributed by atoms with Crippen molar-refractivity contribution >= 4 is 0 Å². The van der Waals surface area contributed by atoms with Gasteiger partial charge in [0.15, 0.2) is 5.82 Å². The molecule has 1 N–H and O–H groups in total. The number of hydrogen-bond donors (Lipinski definition) is 1. The molecule has 0 bridgehead atoms. The second kappa shape index (κ2) is 4.30. The van der Waals surface area contributed by atoms with E-state index in [4.69, 9.17) is 4.52 Å². The van der Waals surface area contributed by atoms with Crippen LogP contribution in [0.1, 0.15) is 77.1 Å². The summed E-state index contributed by atoms with van der Waals surface area (Å²) in [6, 6.07) is 0.282. The van der Waals surface area contributed by atoms with Crippen molar-refractivity contribution in [3.8, 4) is 0 Å². The molecule has 0 amide bonds. The highest BCUT2D eigenvalue weighted by Crippen LogP contribution is 2.73. The highest BCUT2D eigenvalue weighted by atomic mass is 16.5. The van der Waals surface area contributed by atoms with Crippen LogP contribution in [0, 0.1) is 10.8 Å². The number of nitrogens with zero attached hydrogens (tertiary/aromatic N) is 2. The average Bonchev–Trinajstić information content (AvgIpc) is 2.59. The lowest BCUT2D eigenvalue weighted by atomic mass is 10.0. The second-order valence-electron chi connectivity index (χ2n) is 7.22. The number of rotatable bonds is 2. The zero-order valence-electron chi connectivity index (χ0n) is 12.5. The van der Waals surface area contributed by atoms with Gasteiger partial charge >= 0.3 is 0 Å². The van der Waals surface area contributed by atoms with Crippen molar-refractivity contribution in [2.45, 2.75) is 65.3 Å². The molecule has 106 valence electrons. The molecule has 1 aliphatic heterocycles. The highest BCUT2D eigenvalue weighted by molar-refractivity contribution is 5.25. The van der Waals surface area contributed by atoms with E-state index in [0.29, 0.717) is 5.92 Å². The Kier molecular flexibility index (Phi) is 2.97. The molecule has 0 spiro atoms. The van der Waals surface area contributed by atoms with E-state index >= 15 is 0 Å². The van der Waals surface area contributed by atoms with Crippen molar-refractivity contribution in [1.82, 2.24) is 15.5 Å². The lowest BCUT2D eigenvalue weighted by molar-refractivity contribution is 0.353. The monoisotopic (exact) mass is 263 g/mol. The summed E-state index contributed by atoms with van der Waals surface area (Å²) in [7, 11) is 0. The Bertz CT molecular complexity index is 442. The fourth-order valence-electron chi connectivity index (χ4n) is 3.57. The summed E-state index contributed by atoms with van der Waals surface area (Å²) in [5.41, 5.74) is 0.515. The standard InChI is InChI=1S/C15H25N3O/c1-14(2)11(15(14,3)4)13-17-12(18-19-13)10-8-6-5-7-9-16-10/h10-11,16H,5-9H2,1-4H3. The van der Waals surface area contributed by atoms with E-state index in [-0.39, 0.29) is 16.9 Å². The Morgan fingerprint density at radius 2 is 1.84 bits per heavy atom. The summed E-state index contributed by atoms with van der Waals surface area (Å²) in [4.78, 5) is 4.69. The quantitative estimate of drug-likeness (QED) is 0.888. The second-order valence-corrected chi connectivity index (χ2v) is 7.22. The maximum atomic E-state index is 5.55. The zero-order valence-corrected chi connectivity index (χ0v) is 12.5. The van der Waals surface area contributed by atoms with Gasteiger partial charge in [-0.2, -0.15) is 4.98 Å². The molecule has 1 aliphatic carbocycles. The lowest BCUT2D eigenvalue weighted by Crippen LogP contribution is -2.21. The molecule has 4 nitrogen and oxygen atoms in total. The van der Waals surface area contributed by atoms with Gasteiger partial charge in [0, 0.05) is 5.92 Å². The SMILES string of the molecule is CC1(C)C(c2nc(C3CCCCCN3)no2)C1(C)C.